The topological polar surface area (TPSA) is 24.7 Å². The van der Waals surface area contributed by atoms with E-state index in [0.717, 1.165) is 48.8 Å². The molecule has 5 rings (SSSR count). The number of alkyl halides is 3. The van der Waals surface area contributed by atoms with Gasteiger partial charge in [-0.05, 0) is 86.5 Å². The third-order valence-electron chi connectivity index (χ3n) is 9.97. The third-order valence-corrected chi connectivity index (χ3v) is 9.97. The van der Waals surface area contributed by atoms with Gasteiger partial charge in [-0.3, -0.25) is 0 Å². The van der Waals surface area contributed by atoms with Crippen LogP contribution >= 0.6 is 0 Å². The summed E-state index contributed by atoms with van der Waals surface area (Å²) in [5, 5.41) is 8.73. The van der Waals surface area contributed by atoms with Crippen molar-refractivity contribution in [3.8, 4) is 0 Å². The van der Waals surface area contributed by atoms with Crippen molar-refractivity contribution in [3.63, 3.8) is 0 Å². The van der Waals surface area contributed by atoms with Crippen molar-refractivity contribution in [2.24, 2.45) is 44.7 Å². The normalized spacial score (nSPS) is 40.8. The van der Waals surface area contributed by atoms with Crippen molar-refractivity contribution in [2.45, 2.75) is 84.2 Å². The highest BCUT2D eigenvalue weighted by atomic mass is 19.4. The largest absolute Gasteiger partial charge is 0.417 e. The zero-order valence-corrected chi connectivity index (χ0v) is 19.3. The van der Waals surface area contributed by atoms with Gasteiger partial charge in [0.05, 0.1) is 11.8 Å². The summed E-state index contributed by atoms with van der Waals surface area (Å²) in [4.78, 5) is 0. The molecular formula is C27H35F3N2. The van der Waals surface area contributed by atoms with Gasteiger partial charge < -0.3 is 0 Å². The van der Waals surface area contributed by atoms with Gasteiger partial charge >= 0.3 is 6.18 Å². The van der Waals surface area contributed by atoms with Gasteiger partial charge in [-0.25, -0.2) is 0 Å². The maximum Gasteiger partial charge on any atom is 0.417 e. The average molecular weight is 445 g/mol. The smallest absolute Gasteiger partial charge is 0.166 e. The fraction of sp³-hybridized carbons (Fsp3) is 0.704. The van der Waals surface area contributed by atoms with Crippen molar-refractivity contribution in [3.05, 3.63) is 35.4 Å². The first-order valence-corrected chi connectivity index (χ1v) is 12.5. The maximum absolute atomic E-state index is 13.3. The first kappa shape index (κ1) is 22.2. The summed E-state index contributed by atoms with van der Waals surface area (Å²) in [5.41, 5.74) is 1.10. The molecule has 5 heteroatoms. The Hall–Kier alpha value is -1.65. The van der Waals surface area contributed by atoms with Crippen LogP contribution in [0.5, 0.6) is 0 Å². The van der Waals surface area contributed by atoms with Crippen LogP contribution < -0.4 is 0 Å². The molecule has 0 bridgehead atoms. The second-order valence-corrected chi connectivity index (χ2v) is 11.3. The lowest BCUT2D eigenvalue weighted by Crippen LogP contribution is -2.52. The Labute approximate surface area is 189 Å². The SMILES string of the molecule is CC12CCC3C(CCC4CCCCC43C)C1CCC2=NN=Cc1ccccc1C(F)(F)F. The van der Waals surface area contributed by atoms with Crippen LogP contribution in [0.25, 0.3) is 0 Å². The molecule has 32 heavy (non-hydrogen) atoms. The molecule has 0 aromatic heterocycles. The van der Waals surface area contributed by atoms with Gasteiger partial charge in [-0.15, -0.1) is 0 Å². The molecule has 0 radical (unpaired) electrons. The molecule has 0 aliphatic heterocycles. The Kier molecular flexibility index (Phi) is 5.53. The minimum absolute atomic E-state index is 0.0555. The van der Waals surface area contributed by atoms with Gasteiger partial charge in [0.1, 0.15) is 0 Å². The summed E-state index contributed by atoms with van der Waals surface area (Å²) < 4.78 is 39.8. The van der Waals surface area contributed by atoms with E-state index >= 15 is 0 Å². The molecule has 174 valence electrons. The number of fused-ring (bicyclic) bond motifs is 5. The van der Waals surface area contributed by atoms with E-state index in [0.29, 0.717) is 11.3 Å². The monoisotopic (exact) mass is 444 g/mol. The van der Waals surface area contributed by atoms with Crippen LogP contribution in [0.15, 0.2) is 34.5 Å². The number of nitrogens with zero attached hydrogens (tertiary/aromatic N) is 2. The van der Waals surface area contributed by atoms with Crippen LogP contribution in [0.3, 0.4) is 0 Å². The molecule has 4 fully saturated rings. The molecule has 0 heterocycles. The van der Waals surface area contributed by atoms with Crippen molar-refractivity contribution >= 4 is 11.9 Å². The summed E-state index contributed by atoms with van der Waals surface area (Å²) in [6.07, 6.45) is 9.75. The van der Waals surface area contributed by atoms with Crippen LogP contribution in [-0.4, -0.2) is 11.9 Å². The number of benzene rings is 1. The van der Waals surface area contributed by atoms with Gasteiger partial charge in [0.25, 0.3) is 0 Å². The number of rotatable bonds is 2. The van der Waals surface area contributed by atoms with Gasteiger partial charge in [0, 0.05) is 16.7 Å². The molecule has 1 aromatic carbocycles. The quantitative estimate of drug-likeness (QED) is 0.327. The summed E-state index contributed by atoms with van der Waals surface area (Å²) in [5.74, 6) is 3.17. The van der Waals surface area contributed by atoms with E-state index in [1.807, 2.05) is 0 Å². The van der Waals surface area contributed by atoms with Gasteiger partial charge in [0.2, 0.25) is 0 Å². The summed E-state index contributed by atoms with van der Waals surface area (Å²) in [6, 6.07) is 5.58. The lowest BCUT2D eigenvalue weighted by Gasteiger charge is -2.59. The van der Waals surface area contributed by atoms with Crippen LogP contribution in [0.4, 0.5) is 13.2 Å². The highest BCUT2D eigenvalue weighted by Crippen LogP contribution is 2.65. The Bertz CT molecular complexity index is 920. The predicted molar refractivity (Wildman–Crippen MR) is 123 cm³/mol. The fourth-order valence-electron chi connectivity index (χ4n) is 8.28. The number of hydrogen-bond acceptors (Lipinski definition) is 2. The molecular weight excluding hydrogens is 409 g/mol. The molecule has 0 N–H and O–H groups in total. The van der Waals surface area contributed by atoms with Crippen LogP contribution in [0, 0.1) is 34.5 Å². The van der Waals surface area contributed by atoms with Crippen LogP contribution in [0.2, 0.25) is 0 Å². The second-order valence-electron chi connectivity index (χ2n) is 11.3. The molecule has 4 saturated carbocycles. The molecule has 1 aromatic rings. The highest BCUT2D eigenvalue weighted by Gasteiger charge is 2.59. The maximum atomic E-state index is 13.3. The summed E-state index contributed by atoms with van der Waals surface area (Å²) in [7, 11) is 0. The van der Waals surface area contributed by atoms with Gasteiger partial charge in [-0.2, -0.15) is 23.4 Å². The van der Waals surface area contributed by atoms with E-state index in [1.54, 1.807) is 6.07 Å². The zero-order valence-electron chi connectivity index (χ0n) is 19.3. The van der Waals surface area contributed by atoms with Crippen molar-refractivity contribution < 1.29 is 13.2 Å². The third kappa shape index (κ3) is 3.54. The molecule has 6 unspecified atom stereocenters. The number of hydrogen-bond donors (Lipinski definition) is 0. The fourth-order valence-corrected chi connectivity index (χ4v) is 8.28. The van der Waals surface area contributed by atoms with E-state index in [4.69, 9.17) is 0 Å². The summed E-state index contributed by atoms with van der Waals surface area (Å²) >= 11 is 0. The molecule has 0 saturated heterocycles. The lowest BCUT2D eigenvalue weighted by atomic mass is 9.45. The average Bonchev–Trinajstić information content (AvgIpc) is 3.09. The van der Waals surface area contributed by atoms with E-state index in [1.165, 1.54) is 63.3 Å². The van der Waals surface area contributed by atoms with Crippen molar-refractivity contribution in [2.75, 3.05) is 0 Å². The molecule has 4 aliphatic rings. The van der Waals surface area contributed by atoms with Gasteiger partial charge in [0.15, 0.2) is 0 Å². The van der Waals surface area contributed by atoms with Crippen LogP contribution in [0.1, 0.15) is 89.2 Å². The highest BCUT2D eigenvalue weighted by molar-refractivity contribution is 5.93. The number of halogens is 3. The zero-order chi connectivity index (χ0) is 22.6. The van der Waals surface area contributed by atoms with Crippen molar-refractivity contribution in [1.29, 1.82) is 0 Å². The molecule has 0 spiro atoms. The van der Waals surface area contributed by atoms with Crippen LogP contribution in [-0.2, 0) is 6.18 Å². The van der Waals surface area contributed by atoms with Gasteiger partial charge in [-0.1, -0.05) is 44.9 Å². The van der Waals surface area contributed by atoms with E-state index in [9.17, 15) is 13.2 Å². The minimum atomic E-state index is -4.38. The van der Waals surface area contributed by atoms with Crippen molar-refractivity contribution in [1.82, 2.24) is 0 Å². The first-order chi connectivity index (χ1) is 15.2. The minimum Gasteiger partial charge on any atom is -0.166 e. The second kappa shape index (κ2) is 7.99. The molecule has 4 aliphatic carbocycles. The Morgan fingerprint density at radius 1 is 0.938 bits per heavy atom. The molecule has 0 amide bonds. The van der Waals surface area contributed by atoms with E-state index in [2.05, 4.69) is 24.1 Å². The lowest BCUT2D eigenvalue weighted by molar-refractivity contribution is -0.137. The molecule has 6 atom stereocenters. The Morgan fingerprint density at radius 3 is 2.56 bits per heavy atom. The Balaban J connectivity index is 1.37. The molecule has 2 nitrogen and oxygen atoms in total. The summed E-state index contributed by atoms with van der Waals surface area (Å²) in [6.45, 7) is 4.94. The van der Waals surface area contributed by atoms with E-state index in [-0.39, 0.29) is 11.0 Å². The predicted octanol–water partition coefficient (Wildman–Crippen LogP) is 7.91. The Morgan fingerprint density at radius 2 is 1.75 bits per heavy atom. The first-order valence-electron chi connectivity index (χ1n) is 12.5. The van der Waals surface area contributed by atoms with E-state index < -0.39 is 11.7 Å². The standard InChI is InChI=1S/C27H35F3N2/c1-25-15-6-5-8-19(25)10-11-20-22-12-13-24(26(22,2)16-14-23(20)25)32-31-17-18-7-3-4-9-21(18)27(28,29)30/h3-4,7,9,17,19-20,22-23H,5-6,8,10-16H2,1-2H3.